The summed E-state index contributed by atoms with van der Waals surface area (Å²) in [5.74, 6) is -0.527. The molecule has 11 heteroatoms. The Labute approximate surface area is 211 Å². The number of amides is 1. The molecule has 1 heterocycles. The molecule has 3 rings (SSSR count). The lowest BCUT2D eigenvalue weighted by Gasteiger charge is -2.31. The third-order valence-electron chi connectivity index (χ3n) is 6.05. The Balaban J connectivity index is 2.00. The minimum Gasteiger partial charge on any atom is -0.444 e. The Bertz CT molecular complexity index is 1050. The number of ether oxygens (including phenoxy) is 2. The highest BCUT2D eigenvalue weighted by atomic mass is 19.4. The van der Waals surface area contributed by atoms with Gasteiger partial charge < -0.3 is 14.6 Å². The standard InChI is InChI=1S/C26H29F6NO4/c1-15(17-10-18(25(27,28)29)12-19(11-17)26(30,31)32)36-22-20(16-8-6-5-7-9-16)13-33(21(22)14-34)23(35)37-24(2,3)4/h5-12,15,20-22,34H,13-14H2,1-4H3/t15-,20+,21-,22+/m0/s1. The van der Waals surface area contributed by atoms with E-state index in [2.05, 4.69) is 0 Å². The van der Waals surface area contributed by atoms with Crippen LogP contribution in [0.2, 0.25) is 0 Å². The first-order chi connectivity index (χ1) is 17.0. The van der Waals surface area contributed by atoms with Crippen molar-refractivity contribution in [3.8, 4) is 0 Å². The van der Waals surface area contributed by atoms with Crippen LogP contribution in [0.1, 0.15) is 62.0 Å². The number of aliphatic hydroxyl groups is 1. The quantitative estimate of drug-likeness (QED) is 0.442. The Morgan fingerprint density at radius 2 is 1.54 bits per heavy atom. The van der Waals surface area contributed by atoms with Crippen LogP contribution in [0.15, 0.2) is 48.5 Å². The molecule has 2 aromatic rings. The van der Waals surface area contributed by atoms with Crippen molar-refractivity contribution in [1.29, 1.82) is 0 Å². The first-order valence-corrected chi connectivity index (χ1v) is 11.6. The maximum atomic E-state index is 13.4. The third-order valence-corrected chi connectivity index (χ3v) is 6.05. The van der Waals surface area contributed by atoms with Crippen LogP contribution in [0.4, 0.5) is 31.1 Å². The van der Waals surface area contributed by atoms with E-state index in [0.717, 1.165) is 5.56 Å². The molecular weight excluding hydrogens is 504 g/mol. The first kappa shape index (κ1) is 28.8. The normalized spacial score (nSPS) is 21.7. The van der Waals surface area contributed by atoms with E-state index in [9.17, 15) is 36.2 Å². The average Bonchev–Trinajstić information content (AvgIpc) is 3.15. The number of rotatable bonds is 5. The molecule has 5 nitrogen and oxygen atoms in total. The van der Waals surface area contributed by atoms with Crippen molar-refractivity contribution in [3.05, 3.63) is 70.8 Å². The Morgan fingerprint density at radius 1 is 1.00 bits per heavy atom. The smallest absolute Gasteiger partial charge is 0.416 e. The fourth-order valence-corrected chi connectivity index (χ4v) is 4.34. The number of carbonyl (C=O) groups is 1. The van der Waals surface area contributed by atoms with Gasteiger partial charge in [0.2, 0.25) is 0 Å². The molecule has 4 atom stereocenters. The minimum absolute atomic E-state index is 0.0549. The molecule has 1 amide bonds. The van der Waals surface area contributed by atoms with Gasteiger partial charge in [-0.25, -0.2) is 4.79 Å². The molecule has 204 valence electrons. The lowest BCUT2D eigenvalue weighted by Crippen LogP contribution is -2.45. The summed E-state index contributed by atoms with van der Waals surface area (Å²) in [5, 5.41) is 10.2. The van der Waals surface area contributed by atoms with Crippen LogP contribution >= 0.6 is 0 Å². The number of halogens is 6. The third kappa shape index (κ3) is 6.95. The van der Waals surface area contributed by atoms with Gasteiger partial charge in [0.15, 0.2) is 0 Å². The SMILES string of the molecule is C[C@H](O[C@@H]1[C@@H](c2ccccc2)CN(C(=O)OC(C)(C)C)[C@H]1CO)c1cc(C(F)(F)F)cc(C(F)(F)F)c1. The maximum absolute atomic E-state index is 13.4. The van der Waals surface area contributed by atoms with Crippen molar-refractivity contribution in [2.75, 3.05) is 13.2 Å². The second-order valence-electron chi connectivity index (χ2n) is 9.98. The summed E-state index contributed by atoms with van der Waals surface area (Å²) in [6, 6.07) is 9.15. The summed E-state index contributed by atoms with van der Waals surface area (Å²) in [5.41, 5.74) is -3.34. The molecule has 1 aliphatic rings. The Hall–Kier alpha value is -2.79. The molecule has 0 bridgehead atoms. The van der Waals surface area contributed by atoms with Gasteiger partial charge in [0, 0.05) is 12.5 Å². The van der Waals surface area contributed by atoms with E-state index in [4.69, 9.17) is 9.47 Å². The van der Waals surface area contributed by atoms with Crippen LogP contribution in [-0.2, 0) is 21.8 Å². The molecule has 1 saturated heterocycles. The summed E-state index contributed by atoms with van der Waals surface area (Å²) < 4.78 is 91.8. The second-order valence-corrected chi connectivity index (χ2v) is 9.98. The fourth-order valence-electron chi connectivity index (χ4n) is 4.34. The van der Waals surface area contributed by atoms with Crippen LogP contribution in [0.25, 0.3) is 0 Å². The van der Waals surface area contributed by atoms with Crippen molar-refractivity contribution >= 4 is 6.09 Å². The first-order valence-electron chi connectivity index (χ1n) is 11.6. The van der Waals surface area contributed by atoms with Gasteiger partial charge in [-0.05, 0) is 57.0 Å². The molecule has 0 saturated carbocycles. The number of hydrogen-bond acceptors (Lipinski definition) is 4. The monoisotopic (exact) mass is 533 g/mol. The number of carbonyl (C=O) groups excluding carboxylic acids is 1. The van der Waals surface area contributed by atoms with Gasteiger partial charge >= 0.3 is 18.4 Å². The largest absolute Gasteiger partial charge is 0.444 e. The molecule has 37 heavy (non-hydrogen) atoms. The number of nitrogens with zero attached hydrogens (tertiary/aromatic N) is 1. The number of likely N-dealkylation sites (tertiary alicyclic amines) is 1. The van der Waals surface area contributed by atoms with Crippen molar-refractivity contribution < 1.29 is 45.7 Å². The zero-order chi connectivity index (χ0) is 27.8. The van der Waals surface area contributed by atoms with Crippen molar-refractivity contribution in [1.82, 2.24) is 4.90 Å². The number of benzene rings is 2. The maximum Gasteiger partial charge on any atom is 0.416 e. The van der Waals surface area contributed by atoms with Gasteiger partial charge in [0.1, 0.15) is 5.60 Å². The molecule has 1 N–H and O–H groups in total. The van der Waals surface area contributed by atoms with Gasteiger partial charge in [-0.2, -0.15) is 26.3 Å². The van der Waals surface area contributed by atoms with Gasteiger partial charge in [-0.15, -0.1) is 0 Å². The highest BCUT2D eigenvalue weighted by molar-refractivity contribution is 5.69. The van der Waals surface area contributed by atoms with E-state index in [1.165, 1.54) is 11.8 Å². The minimum atomic E-state index is -5.00. The molecule has 0 spiro atoms. The number of hydrogen-bond donors (Lipinski definition) is 1. The molecule has 0 aromatic heterocycles. The van der Waals surface area contributed by atoms with Gasteiger partial charge in [0.25, 0.3) is 0 Å². The molecule has 1 fully saturated rings. The van der Waals surface area contributed by atoms with Crippen molar-refractivity contribution in [2.24, 2.45) is 0 Å². The Kier molecular flexibility index (Phi) is 8.19. The Morgan fingerprint density at radius 3 is 2.00 bits per heavy atom. The second kappa shape index (κ2) is 10.5. The zero-order valence-corrected chi connectivity index (χ0v) is 20.7. The molecule has 1 aliphatic heterocycles. The van der Waals surface area contributed by atoms with E-state index < -0.39 is 65.9 Å². The molecule has 0 aliphatic carbocycles. The van der Waals surface area contributed by atoms with E-state index in [1.807, 2.05) is 0 Å². The van der Waals surface area contributed by atoms with E-state index in [0.29, 0.717) is 12.1 Å². The average molecular weight is 534 g/mol. The van der Waals surface area contributed by atoms with Crippen molar-refractivity contribution in [2.45, 2.75) is 69.8 Å². The molecule has 2 aromatic carbocycles. The van der Waals surface area contributed by atoms with Crippen LogP contribution in [0.5, 0.6) is 0 Å². The summed E-state index contributed by atoms with van der Waals surface area (Å²) >= 11 is 0. The molecule has 0 unspecified atom stereocenters. The van der Waals surface area contributed by atoms with Crippen LogP contribution in [0, 0.1) is 0 Å². The molecule has 0 radical (unpaired) electrons. The lowest BCUT2D eigenvalue weighted by atomic mass is 9.93. The van der Waals surface area contributed by atoms with E-state index in [-0.39, 0.29) is 18.2 Å². The van der Waals surface area contributed by atoms with E-state index >= 15 is 0 Å². The van der Waals surface area contributed by atoms with Gasteiger partial charge in [-0.3, -0.25) is 4.90 Å². The molecular formula is C26H29F6NO4. The number of alkyl halides is 6. The van der Waals surface area contributed by atoms with Crippen LogP contribution in [-0.4, -0.2) is 47.0 Å². The van der Waals surface area contributed by atoms with Crippen LogP contribution < -0.4 is 0 Å². The summed E-state index contributed by atoms with van der Waals surface area (Å²) in [6.07, 6.45) is -12.9. The zero-order valence-electron chi connectivity index (χ0n) is 20.7. The van der Waals surface area contributed by atoms with Gasteiger partial charge in [0.05, 0.1) is 36.0 Å². The van der Waals surface area contributed by atoms with Gasteiger partial charge in [-0.1, -0.05) is 30.3 Å². The van der Waals surface area contributed by atoms with Crippen molar-refractivity contribution in [3.63, 3.8) is 0 Å². The predicted molar refractivity (Wildman–Crippen MR) is 123 cm³/mol. The topological polar surface area (TPSA) is 59.0 Å². The predicted octanol–water partition coefficient (Wildman–Crippen LogP) is 6.57. The van der Waals surface area contributed by atoms with Crippen LogP contribution in [0.3, 0.4) is 0 Å². The fraction of sp³-hybridized carbons (Fsp3) is 0.500. The summed E-state index contributed by atoms with van der Waals surface area (Å²) in [7, 11) is 0. The summed E-state index contributed by atoms with van der Waals surface area (Å²) in [4.78, 5) is 14.2. The highest BCUT2D eigenvalue weighted by Gasteiger charge is 2.47. The summed E-state index contributed by atoms with van der Waals surface area (Å²) in [6.45, 7) is 5.86. The highest BCUT2D eigenvalue weighted by Crippen LogP contribution is 2.41. The lowest BCUT2D eigenvalue weighted by molar-refractivity contribution is -0.143. The number of aliphatic hydroxyl groups excluding tert-OH is 1. The van der Waals surface area contributed by atoms with E-state index in [1.54, 1.807) is 51.1 Å².